The van der Waals surface area contributed by atoms with Crippen LogP contribution in [-0.2, 0) is 4.79 Å². The lowest BCUT2D eigenvalue weighted by atomic mass is 10.1. The SMILES string of the molecule is CCCCC[CH2][AlH][CH2]C(=O)C(C)CC. The third kappa shape index (κ3) is 7.59. The molecule has 0 spiro atoms. The summed E-state index contributed by atoms with van der Waals surface area (Å²) in [6.45, 7) is 6.41. The van der Waals surface area contributed by atoms with Crippen LogP contribution in [0.15, 0.2) is 0 Å². The molecule has 0 fully saturated rings. The van der Waals surface area contributed by atoms with E-state index >= 15 is 0 Å². The van der Waals surface area contributed by atoms with Crippen molar-refractivity contribution in [3.8, 4) is 0 Å². The zero-order chi connectivity index (χ0) is 10.8. The maximum Gasteiger partial charge on any atom is 0.247 e. The Labute approximate surface area is 95.4 Å². The van der Waals surface area contributed by atoms with Crippen molar-refractivity contribution in [3.63, 3.8) is 0 Å². The highest BCUT2D eigenvalue weighted by molar-refractivity contribution is 6.41. The van der Waals surface area contributed by atoms with Crippen molar-refractivity contribution in [1.29, 1.82) is 0 Å². The number of rotatable bonds is 9. The molecule has 0 N–H and O–H groups in total. The van der Waals surface area contributed by atoms with Gasteiger partial charge in [-0.1, -0.05) is 51.7 Å². The molecule has 0 aliphatic carbocycles. The Bertz CT molecular complexity index is 145. The van der Waals surface area contributed by atoms with E-state index in [0.717, 1.165) is 11.7 Å². The summed E-state index contributed by atoms with van der Waals surface area (Å²) in [5.41, 5.74) is 0. The minimum absolute atomic E-state index is 0.0658. The number of unbranched alkanes of at least 4 members (excludes halogenated alkanes) is 3. The summed E-state index contributed by atoms with van der Waals surface area (Å²) in [7, 11) is 0. The quantitative estimate of drug-likeness (QED) is 0.422. The van der Waals surface area contributed by atoms with Crippen LogP contribution in [0.25, 0.3) is 0 Å². The van der Waals surface area contributed by atoms with Gasteiger partial charge in [0.25, 0.3) is 0 Å². The first kappa shape index (κ1) is 14.2. The van der Waals surface area contributed by atoms with E-state index < -0.39 is 0 Å². The van der Waals surface area contributed by atoms with Gasteiger partial charge in [-0.05, 0) is 11.7 Å². The van der Waals surface area contributed by atoms with Crippen LogP contribution in [0.3, 0.4) is 0 Å². The zero-order valence-electron chi connectivity index (χ0n) is 10.1. The second kappa shape index (κ2) is 9.75. The predicted octanol–water partition coefficient (Wildman–Crippen LogP) is 3.46. The van der Waals surface area contributed by atoms with E-state index in [1.54, 1.807) is 0 Å². The first-order valence-electron chi connectivity index (χ1n) is 6.25. The normalized spacial score (nSPS) is 12.5. The number of carbonyl (C=O) groups is 1. The second-order valence-corrected chi connectivity index (χ2v) is 6.21. The van der Waals surface area contributed by atoms with E-state index in [9.17, 15) is 4.79 Å². The second-order valence-electron chi connectivity index (χ2n) is 4.29. The summed E-state index contributed by atoms with van der Waals surface area (Å²) in [6, 6.07) is 0. The van der Waals surface area contributed by atoms with Gasteiger partial charge in [-0.25, -0.2) is 0 Å². The molecule has 1 unspecified atom stereocenters. The molecule has 0 aliphatic rings. The molecule has 0 aromatic carbocycles. The minimum atomic E-state index is -0.0658. The third-order valence-electron chi connectivity index (χ3n) is 2.94. The smallest absolute Gasteiger partial charge is 0.247 e. The van der Waals surface area contributed by atoms with Gasteiger partial charge in [-0.3, -0.25) is 0 Å². The largest absolute Gasteiger partial charge is 0.301 e. The van der Waals surface area contributed by atoms with Crippen molar-refractivity contribution < 1.29 is 4.79 Å². The van der Waals surface area contributed by atoms with Crippen LogP contribution in [0.5, 0.6) is 0 Å². The lowest BCUT2D eigenvalue weighted by Gasteiger charge is -2.05. The summed E-state index contributed by atoms with van der Waals surface area (Å²) in [4.78, 5) is 11.5. The first-order chi connectivity index (χ1) is 6.72. The highest BCUT2D eigenvalue weighted by atomic mass is 27.1. The molecule has 1 atom stereocenters. The molecule has 0 amide bonds. The van der Waals surface area contributed by atoms with E-state index in [-0.39, 0.29) is 15.2 Å². The van der Waals surface area contributed by atoms with Gasteiger partial charge in [-0.15, -0.1) is 0 Å². The number of hydrogen-bond donors (Lipinski definition) is 0. The van der Waals surface area contributed by atoms with Crippen LogP contribution in [0.4, 0.5) is 0 Å². The van der Waals surface area contributed by atoms with Crippen molar-refractivity contribution in [2.75, 3.05) is 0 Å². The van der Waals surface area contributed by atoms with Gasteiger partial charge in [0.05, 0.1) is 0 Å². The van der Waals surface area contributed by atoms with E-state index in [4.69, 9.17) is 0 Å². The van der Waals surface area contributed by atoms with Crippen LogP contribution in [0.1, 0.15) is 52.9 Å². The molecule has 0 saturated carbocycles. The highest BCUT2D eigenvalue weighted by Gasteiger charge is 2.10. The number of hydrogen-bond acceptors (Lipinski definition) is 1. The van der Waals surface area contributed by atoms with Crippen LogP contribution in [-0.4, -0.2) is 21.0 Å². The summed E-state index contributed by atoms with van der Waals surface area (Å²) >= 11 is -0.0658. The summed E-state index contributed by atoms with van der Waals surface area (Å²) in [5.74, 6) is 0.841. The summed E-state index contributed by atoms with van der Waals surface area (Å²) in [5, 5.41) is 2.32. The van der Waals surface area contributed by atoms with Gasteiger partial charge >= 0.3 is 0 Å². The van der Waals surface area contributed by atoms with E-state index in [2.05, 4.69) is 20.8 Å². The monoisotopic (exact) mass is 212 g/mol. The fourth-order valence-electron chi connectivity index (χ4n) is 1.55. The Hall–Kier alpha value is 0.202. The van der Waals surface area contributed by atoms with Gasteiger partial charge in [0.1, 0.15) is 5.78 Å². The van der Waals surface area contributed by atoms with Crippen LogP contribution in [0, 0.1) is 5.92 Å². The molecule has 0 aliphatic heterocycles. The number of carbonyl (C=O) groups excluding carboxylic acids is 1. The fourth-order valence-corrected chi connectivity index (χ4v) is 3.35. The van der Waals surface area contributed by atoms with Gasteiger partial charge in [0.15, 0.2) is 0 Å². The Morgan fingerprint density at radius 2 is 1.93 bits per heavy atom. The predicted molar refractivity (Wildman–Crippen MR) is 65.4 cm³/mol. The molecule has 0 bridgehead atoms. The molecule has 2 heteroatoms. The molecular formula is C12H25AlO. The topological polar surface area (TPSA) is 17.1 Å². The van der Waals surface area contributed by atoms with Gasteiger partial charge < -0.3 is 4.79 Å². The minimum Gasteiger partial charge on any atom is -0.301 e. The Kier molecular flexibility index (Phi) is 9.89. The standard InChI is InChI=1S/C6H11O.C6H13.Al.H/c1-4-5(2)6(3)7;1-3-5-6-4-2;;/h5H,3-4H2,1-2H3;1,3-6H2,2H3;;. The van der Waals surface area contributed by atoms with Crippen molar-refractivity contribution >= 4 is 21.0 Å². The Balaban J connectivity index is 3.23. The Morgan fingerprint density at radius 3 is 2.50 bits per heavy atom. The molecule has 0 heterocycles. The highest BCUT2D eigenvalue weighted by Crippen LogP contribution is 2.08. The number of ketones is 1. The molecule has 1 nitrogen and oxygen atoms in total. The Morgan fingerprint density at radius 1 is 1.21 bits per heavy atom. The van der Waals surface area contributed by atoms with Gasteiger partial charge in [0, 0.05) is 5.92 Å². The molecular weight excluding hydrogens is 187 g/mol. The fraction of sp³-hybridized carbons (Fsp3) is 0.917. The first-order valence-corrected chi connectivity index (χ1v) is 8.25. The lowest BCUT2D eigenvalue weighted by molar-refractivity contribution is -0.120. The lowest BCUT2D eigenvalue weighted by Crippen LogP contribution is -2.11. The molecule has 0 aromatic heterocycles. The van der Waals surface area contributed by atoms with Crippen molar-refractivity contribution in [1.82, 2.24) is 0 Å². The maximum atomic E-state index is 11.5. The van der Waals surface area contributed by atoms with Crippen molar-refractivity contribution in [3.05, 3.63) is 0 Å². The van der Waals surface area contributed by atoms with Crippen LogP contribution >= 0.6 is 0 Å². The molecule has 0 saturated heterocycles. The van der Waals surface area contributed by atoms with Crippen LogP contribution in [0.2, 0.25) is 10.6 Å². The molecule has 0 aromatic rings. The van der Waals surface area contributed by atoms with Crippen molar-refractivity contribution in [2.24, 2.45) is 5.92 Å². The number of Topliss-reactive ketones (excluding diaryl/α,β-unsaturated/α-hetero) is 1. The molecule has 0 radical (unpaired) electrons. The maximum absolute atomic E-state index is 11.5. The molecule has 82 valence electrons. The van der Waals surface area contributed by atoms with E-state index in [1.165, 1.54) is 31.0 Å². The zero-order valence-corrected chi connectivity index (χ0v) is 11.6. The van der Waals surface area contributed by atoms with Crippen LogP contribution < -0.4 is 0 Å². The van der Waals surface area contributed by atoms with E-state index in [1.807, 2.05) is 0 Å². The van der Waals surface area contributed by atoms with Crippen molar-refractivity contribution in [2.45, 2.75) is 63.4 Å². The summed E-state index contributed by atoms with van der Waals surface area (Å²) in [6.07, 6.45) is 6.44. The average molecular weight is 212 g/mol. The van der Waals surface area contributed by atoms with Gasteiger partial charge in [-0.2, -0.15) is 0 Å². The average Bonchev–Trinajstić information content (AvgIpc) is 2.21. The van der Waals surface area contributed by atoms with Gasteiger partial charge in [0.2, 0.25) is 15.2 Å². The third-order valence-corrected chi connectivity index (χ3v) is 4.79. The molecule has 0 rings (SSSR count). The van der Waals surface area contributed by atoms with E-state index in [0.29, 0.717) is 11.7 Å². The summed E-state index contributed by atoms with van der Waals surface area (Å²) < 4.78 is 0. The molecule has 14 heavy (non-hydrogen) atoms.